The van der Waals surface area contributed by atoms with Crippen LogP contribution in [0.5, 0.6) is 0 Å². The first-order chi connectivity index (χ1) is 13.2. The minimum atomic E-state index is -0.723. The largest absolute Gasteiger partial charge is 0.456 e. The average Bonchev–Trinajstić information content (AvgIpc) is 2.87. The molecule has 1 fully saturated rings. The maximum atomic E-state index is 12.1. The maximum absolute atomic E-state index is 12.1. The van der Waals surface area contributed by atoms with Gasteiger partial charge in [0.15, 0.2) is 6.61 Å². The van der Waals surface area contributed by atoms with Crippen molar-refractivity contribution in [1.82, 2.24) is 0 Å². The Morgan fingerprint density at radius 2 is 1.93 bits per heavy atom. The van der Waals surface area contributed by atoms with E-state index in [1.54, 1.807) is 19.1 Å². The number of hydrogen-bond acceptors (Lipinski definition) is 6. The lowest BCUT2D eigenvalue weighted by Gasteiger charge is -2.17. The average molecular weight is 390 g/mol. The van der Waals surface area contributed by atoms with E-state index >= 15 is 0 Å². The summed E-state index contributed by atoms with van der Waals surface area (Å²) in [7, 11) is 0. The number of carbonyl (C=O) groups excluding carboxylic acids is 3. The van der Waals surface area contributed by atoms with Gasteiger partial charge in [-0.3, -0.25) is 24.5 Å². The zero-order valence-corrected chi connectivity index (χ0v) is 16.3. The lowest BCUT2D eigenvalue weighted by molar-refractivity contribution is -0.490. The molecule has 2 rings (SSSR count). The highest BCUT2D eigenvalue weighted by molar-refractivity contribution is 5.93. The van der Waals surface area contributed by atoms with Gasteiger partial charge in [0, 0.05) is 28.9 Å². The minimum absolute atomic E-state index is 0.146. The topological polar surface area (TPSA) is 116 Å². The van der Waals surface area contributed by atoms with Gasteiger partial charge in [-0.15, -0.1) is 0 Å². The molecule has 1 aromatic rings. The van der Waals surface area contributed by atoms with E-state index in [2.05, 4.69) is 19.2 Å². The molecular formula is C20H26N2O6. The molecule has 0 saturated heterocycles. The first-order valence-electron chi connectivity index (χ1n) is 9.37. The highest BCUT2D eigenvalue weighted by Crippen LogP contribution is 2.36. The van der Waals surface area contributed by atoms with Crippen molar-refractivity contribution in [3.63, 3.8) is 0 Å². The smallest absolute Gasteiger partial charge is 0.307 e. The Bertz CT molecular complexity index is 744. The minimum Gasteiger partial charge on any atom is -0.456 e. The van der Waals surface area contributed by atoms with Crippen molar-refractivity contribution in [3.8, 4) is 0 Å². The monoisotopic (exact) mass is 390 g/mol. The van der Waals surface area contributed by atoms with E-state index in [4.69, 9.17) is 4.74 Å². The van der Waals surface area contributed by atoms with Crippen LogP contribution in [0.1, 0.15) is 45.1 Å². The fraction of sp³-hybridized carbons (Fsp3) is 0.550. The number of carbonyl (C=O) groups is 3. The number of nitrogens with one attached hydrogen (secondary N) is 1. The summed E-state index contributed by atoms with van der Waals surface area (Å²) < 4.78 is 4.96. The van der Waals surface area contributed by atoms with Gasteiger partial charge < -0.3 is 10.1 Å². The van der Waals surface area contributed by atoms with Crippen LogP contribution in [-0.2, 0) is 19.1 Å². The zero-order valence-electron chi connectivity index (χ0n) is 16.3. The maximum Gasteiger partial charge on any atom is 0.307 e. The number of nitro groups is 1. The lowest BCUT2D eigenvalue weighted by Crippen LogP contribution is -2.28. The Kier molecular flexibility index (Phi) is 7.25. The van der Waals surface area contributed by atoms with Crippen LogP contribution in [0.2, 0.25) is 0 Å². The van der Waals surface area contributed by atoms with Gasteiger partial charge in [0.1, 0.15) is 5.78 Å². The molecular weight excluding hydrogens is 364 g/mol. The number of Topliss-reactive ketones (excluding diaryl/α,β-unsaturated/α-hetero) is 1. The van der Waals surface area contributed by atoms with Crippen molar-refractivity contribution in [3.05, 3.63) is 39.9 Å². The van der Waals surface area contributed by atoms with E-state index in [0.717, 1.165) is 5.56 Å². The van der Waals surface area contributed by atoms with E-state index in [9.17, 15) is 24.5 Å². The predicted molar refractivity (Wildman–Crippen MR) is 102 cm³/mol. The summed E-state index contributed by atoms with van der Waals surface area (Å²) in [6.07, 6.45) is -0.0125. The number of esters is 1. The quantitative estimate of drug-likeness (QED) is 0.414. The number of amides is 1. The molecule has 1 saturated carbocycles. The van der Waals surface area contributed by atoms with Gasteiger partial charge in [-0.2, -0.15) is 0 Å². The Morgan fingerprint density at radius 1 is 1.29 bits per heavy atom. The zero-order chi connectivity index (χ0) is 20.8. The molecule has 28 heavy (non-hydrogen) atoms. The highest BCUT2D eigenvalue weighted by atomic mass is 16.6. The normalized spacial score (nSPS) is 21.6. The lowest BCUT2D eigenvalue weighted by atomic mass is 9.88. The summed E-state index contributed by atoms with van der Waals surface area (Å²) in [6, 6.07) is 7.37. The molecule has 0 radical (unpaired) electrons. The highest BCUT2D eigenvalue weighted by Gasteiger charge is 2.44. The van der Waals surface area contributed by atoms with E-state index < -0.39 is 35.2 Å². The fourth-order valence-electron chi connectivity index (χ4n) is 3.53. The molecule has 0 spiro atoms. The third kappa shape index (κ3) is 5.87. The fourth-order valence-corrected chi connectivity index (χ4v) is 3.53. The molecule has 8 nitrogen and oxygen atoms in total. The van der Waals surface area contributed by atoms with Crippen molar-refractivity contribution >= 4 is 23.3 Å². The van der Waals surface area contributed by atoms with Crippen LogP contribution >= 0.6 is 0 Å². The van der Waals surface area contributed by atoms with Crippen LogP contribution in [0.4, 0.5) is 5.69 Å². The standard InChI is InChI=1S/C20H26N2O6/c1-12(2)14-4-6-15(7-5-14)21-19(24)11-28-20(25)9-16-17(10-22(26)27)13(3)8-18(16)23/h4-7,12-13,16-17H,8-11H2,1-3H3,(H,21,24)/t13-,16+,17-/m1/s1. The van der Waals surface area contributed by atoms with Crippen molar-refractivity contribution in [2.45, 2.75) is 39.5 Å². The summed E-state index contributed by atoms with van der Waals surface area (Å²) >= 11 is 0. The van der Waals surface area contributed by atoms with Crippen LogP contribution in [0.15, 0.2) is 24.3 Å². The van der Waals surface area contributed by atoms with Gasteiger partial charge in [-0.25, -0.2) is 0 Å². The third-order valence-electron chi connectivity index (χ3n) is 5.16. The Hall–Kier alpha value is -2.77. The number of rotatable bonds is 8. The van der Waals surface area contributed by atoms with Crippen molar-refractivity contribution in [2.75, 3.05) is 18.5 Å². The summed E-state index contributed by atoms with van der Waals surface area (Å²) in [4.78, 5) is 46.4. The number of anilines is 1. The first-order valence-corrected chi connectivity index (χ1v) is 9.37. The van der Waals surface area contributed by atoms with Crippen LogP contribution in [0, 0.1) is 27.9 Å². The van der Waals surface area contributed by atoms with Crippen molar-refractivity contribution in [1.29, 1.82) is 0 Å². The van der Waals surface area contributed by atoms with Gasteiger partial charge >= 0.3 is 5.97 Å². The molecule has 1 aliphatic carbocycles. The van der Waals surface area contributed by atoms with Crippen molar-refractivity contribution in [2.24, 2.45) is 17.8 Å². The molecule has 3 atom stereocenters. The molecule has 8 heteroatoms. The molecule has 0 bridgehead atoms. The van der Waals surface area contributed by atoms with Crippen LogP contribution in [0.25, 0.3) is 0 Å². The van der Waals surface area contributed by atoms with E-state index in [-0.39, 0.29) is 31.1 Å². The van der Waals surface area contributed by atoms with Gasteiger partial charge in [0.05, 0.1) is 6.42 Å². The van der Waals surface area contributed by atoms with Gasteiger partial charge in [0.2, 0.25) is 6.54 Å². The Morgan fingerprint density at radius 3 is 2.50 bits per heavy atom. The molecule has 0 aromatic heterocycles. The number of ketones is 1. The molecule has 152 valence electrons. The number of benzene rings is 1. The van der Waals surface area contributed by atoms with Crippen LogP contribution in [-0.4, -0.2) is 35.7 Å². The molecule has 1 aliphatic rings. The second-order valence-corrected chi connectivity index (χ2v) is 7.62. The Balaban J connectivity index is 1.83. The predicted octanol–water partition coefficient (Wildman–Crippen LogP) is 2.80. The molecule has 0 aliphatic heterocycles. The third-order valence-corrected chi connectivity index (χ3v) is 5.16. The summed E-state index contributed by atoms with van der Waals surface area (Å²) in [5, 5.41) is 13.4. The molecule has 1 amide bonds. The molecule has 1 aromatic carbocycles. The van der Waals surface area contributed by atoms with Gasteiger partial charge in [0.25, 0.3) is 5.91 Å². The van der Waals surface area contributed by atoms with Gasteiger partial charge in [-0.05, 0) is 29.5 Å². The first kappa shape index (κ1) is 21.5. The van der Waals surface area contributed by atoms with Crippen LogP contribution < -0.4 is 5.32 Å². The summed E-state index contributed by atoms with van der Waals surface area (Å²) in [6.45, 7) is 5.09. The summed E-state index contributed by atoms with van der Waals surface area (Å²) in [5.74, 6) is -2.32. The van der Waals surface area contributed by atoms with Gasteiger partial charge in [-0.1, -0.05) is 32.9 Å². The second-order valence-electron chi connectivity index (χ2n) is 7.62. The molecule has 0 heterocycles. The van der Waals surface area contributed by atoms with Crippen LogP contribution in [0.3, 0.4) is 0 Å². The number of hydrogen-bond donors (Lipinski definition) is 1. The number of ether oxygens (including phenoxy) is 1. The van der Waals surface area contributed by atoms with E-state index in [1.807, 2.05) is 12.1 Å². The Labute approximate surface area is 163 Å². The van der Waals surface area contributed by atoms with Crippen molar-refractivity contribution < 1.29 is 24.0 Å². The summed E-state index contributed by atoms with van der Waals surface area (Å²) in [5.41, 5.74) is 1.74. The SMILES string of the molecule is CC(C)c1ccc(NC(=O)COC(=O)C[C@@H]2C(=O)C[C@@H](C)[C@H]2C[N+](=O)[O-])cc1. The number of nitrogens with zero attached hydrogens (tertiary/aromatic N) is 1. The molecule has 1 N–H and O–H groups in total. The second kappa shape index (κ2) is 9.43. The molecule has 0 unspecified atom stereocenters. The van der Waals surface area contributed by atoms with E-state index in [0.29, 0.717) is 11.6 Å². The van der Waals surface area contributed by atoms with E-state index in [1.165, 1.54) is 0 Å².